The van der Waals surface area contributed by atoms with E-state index in [4.69, 9.17) is 0 Å². The van der Waals surface area contributed by atoms with E-state index in [-0.39, 0.29) is 11.9 Å². The molecule has 0 aliphatic rings. The number of anilines is 1. The van der Waals surface area contributed by atoms with Crippen LogP contribution < -0.4 is 10.6 Å². The lowest BCUT2D eigenvalue weighted by Crippen LogP contribution is -2.40. The molecule has 3 N–H and O–H groups in total. The van der Waals surface area contributed by atoms with Crippen molar-refractivity contribution in [3.05, 3.63) is 47.8 Å². The van der Waals surface area contributed by atoms with Crippen molar-refractivity contribution < 1.29 is 9.90 Å². The van der Waals surface area contributed by atoms with E-state index in [0.29, 0.717) is 13.0 Å². The molecule has 0 fully saturated rings. The van der Waals surface area contributed by atoms with Crippen LogP contribution in [0.1, 0.15) is 38.3 Å². The Morgan fingerprint density at radius 2 is 2.12 bits per heavy atom. The summed E-state index contributed by atoms with van der Waals surface area (Å²) in [6.45, 7) is 6.08. The molecule has 1 aromatic heterocycles. The number of benzene rings is 1. The van der Waals surface area contributed by atoms with Gasteiger partial charge in [0.05, 0.1) is 6.20 Å². The predicted molar refractivity (Wildman–Crippen MR) is 99.3 cm³/mol. The highest BCUT2D eigenvalue weighted by Crippen LogP contribution is 2.19. The Morgan fingerprint density at radius 3 is 2.76 bits per heavy atom. The highest BCUT2D eigenvalue weighted by molar-refractivity contribution is 5.91. The molecule has 136 valence electrons. The fourth-order valence-corrected chi connectivity index (χ4v) is 2.68. The zero-order valence-electron chi connectivity index (χ0n) is 15.4. The lowest BCUT2D eigenvalue weighted by atomic mass is 9.99. The fourth-order valence-electron chi connectivity index (χ4n) is 2.68. The molecule has 0 bridgehead atoms. The Hall–Kier alpha value is -2.18. The number of carbonyl (C=O) groups excluding carboxylic acids is 1. The maximum absolute atomic E-state index is 12.3. The molecule has 0 saturated carbocycles. The zero-order chi connectivity index (χ0) is 18.4. The number of hydrogen-bond acceptors (Lipinski definition) is 4. The second-order valence-electron chi connectivity index (χ2n) is 6.72. The molecule has 2 aromatic rings. The number of nitrogens with one attached hydrogen (secondary N) is 2. The molecule has 0 spiro atoms. The third-order valence-corrected chi connectivity index (χ3v) is 4.29. The van der Waals surface area contributed by atoms with E-state index in [0.717, 1.165) is 23.2 Å². The van der Waals surface area contributed by atoms with Gasteiger partial charge in [0.1, 0.15) is 5.60 Å². The van der Waals surface area contributed by atoms with Crippen molar-refractivity contribution in [3.8, 4) is 0 Å². The molecule has 2 rings (SSSR count). The summed E-state index contributed by atoms with van der Waals surface area (Å²) in [5.41, 5.74) is 1.70. The van der Waals surface area contributed by atoms with E-state index < -0.39 is 5.60 Å². The van der Waals surface area contributed by atoms with Crippen LogP contribution in [-0.4, -0.2) is 33.4 Å². The van der Waals surface area contributed by atoms with Gasteiger partial charge in [-0.2, -0.15) is 5.10 Å². The molecule has 0 aliphatic heterocycles. The van der Waals surface area contributed by atoms with Gasteiger partial charge in [0.25, 0.3) is 0 Å². The first-order valence-corrected chi connectivity index (χ1v) is 8.64. The fraction of sp³-hybridized carbons (Fsp3) is 0.474. The Morgan fingerprint density at radius 1 is 1.40 bits per heavy atom. The number of aromatic nitrogens is 2. The lowest BCUT2D eigenvalue weighted by Gasteiger charge is -2.25. The Bertz CT molecular complexity index is 709. The third-order valence-electron chi connectivity index (χ3n) is 4.29. The smallest absolute Gasteiger partial charge is 0.225 e. The molecule has 1 amide bonds. The number of aliphatic hydroxyl groups is 1. The zero-order valence-corrected chi connectivity index (χ0v) is 15.4. The quantitative estimate of drug-likeness (QED) is 0.686. The van der Waals surface area contributed by atoms with Crippen molar-refractivity contribution in [3.63, 3.8) is 0 Å². The normalized spacial score (nSPS) is 14.8. The summed E-state index contributed by atoms with van der Waals surface area (Å²) in [6.07, 6.45) is 4.65. The van der Waals surface area contributed by atoms with Crippen molar-refractivity contribution in [2.45, 2.75) is 45.3 Å². The van der Waals surface area contributed by atoms with Crippen LogP contribution >= 0.6 is 0 Å². The van der Waals surface area contributed by atoms with Crippen LogP contribution in [0.3, 0.4) is 0 Å². The Labute approximate surface area is 149 Å². The van der Waals surface area contributed by atoms with Crippen molar-refractivity contribution in [1.29, 1.82) is 0 Å². The molecule has 0 saturated heterocycles. The highest BCUT2D eigenvalue weighted by Gasteiger charge is 2.25. The van der Waals surface area contributed by atoms with Gasteiger partial charge in [-0.1, -0.05) is 25.1 Å². The average molecular weight is 344 g/mol. The van der Waals surface area contributed by atoms with Gasteiger partial charge in [0, 0.05) is 43.5 Å². The second-order valence-corrected chi connectivity index (χ2v) is 6.72. The van der Waals surface area contributed by atoms with Crippen LogP contribution in [0.2, 0.25) is 0 Å². The third kappa shape index (κ3) is 5.41. The van der Waals surface area contributed by atoms with Gasteiger partial charge in [-0.15, -0.1) is 0 Å². The molecule has 6 heteroatoms. The minimum Gasteiger partial charge on any atom is -0.384 e. The molecule has 1 aromatic carbocycles. The van der Waals surface area contributed by atoms with Gasteiger partial charge < -0.3 is 15.7 Å². The Balaban J connectivity index is 1.85. The lowest BCUT2D eigenvalue weighted by molar-refractivity contribution is -0.116. The molecular weight excluding hydrogens is 316 g/mol. The number of hydrogen-bond donors (Lipinski definition) is 3. The summed E-state index contributed by atoms with van der Waals surface area (Å²) in [5.74, 6) is -0.0399. The monoisotopic (exact) mass is 344 g/mol. The number of rotatable bonds is 8. The number of aryl methyl sites for hydroxylation is 2. The average Bonchev–Trinajstić information content (AvgIpc) is 3.01. The molecule has 0 aliphatic carbocycles. The summed E-state index contributed by atoms with van der Waals surface area (Å²) in [6, 6.07) is 7.77. The van der Waals surface area contributed by atoms with Gasteiger partial charge in [0.2, 0.25) is 5.91 Å². The summed E-state index contributed by atoms with van der Waals surface area (Å²) in [4.78, 5) is 12.3. The maximum atomic E-state index is 12.3. The molecule has 0 radical (unpaired) electrons. The van der Waals surface area contributed by atoms with E-state index in [1.807, 2.05) is 38.2 Å². The highest BCUT2D eigenvalue weighted by atomic mass is 16.3. The summed E-state index contributed by atoms with van der Waals surface area (Å²) in [5, 5.41) is 20.9. The van der Waals surface area contributed by atoms with Gasteiger partial charge in [-0.3, -0.25) is 9.48 Å². The molecule has 2 atom stereocenters. The van der Waals surface area contributed by atoms with Gasteiger partial charge in [-0.25, -0.2) is 0 Å². The number of carbonyl (C=O) groups is 1. The van der Waals surface area contributed by atoms with E-state index in [2.05, 4.69) is 22.7 Å². The summed E-state index contributed by atoms with van der Waals surface area (Å²) in [7, 11) is 1.81. The van der Waals surface area contributed by atoms with Gasteiger partial charge in [0.15, 0.2) is 0 Å². The Kier molecular flexibility index (Phi) is 6.33. The van der Waals surface area contributed by atoms with Crippen LogP contribution in [0, 0.1) is 0 Å². The summed E-state index contributed by atoms with van der Waals surface area (Å²) >= 11 is 0. The first-order chi connectivity index (χ1) is 11.8. The van der Waals surface area contributed by atoms with Crippen molar-refractivity contribution in [1.82, 2.24) is 15.1 Å². The van der Waals surface area contributed by atoms with Crippen LogP contribution in [0.15, 0.2) is 36.7 Å². The van der Waals surface area contributed by atoms with Crippen LogP contribution in [0.4, 0.5) is 5.69 Å². The van der Waals surface area contributed by atoms with E-state index >= 15 is 0 Å². The summed E-state index contributed by atoms with van der Waals surface area (Å²) < 4.78 is 1.66. The minimum atomic E-state index is -1.03. The maximum Gasteiger partial charge on any atom is 0.225 e. The molecule has 1 heterocycles. The molecule has 0 unspecified atom stereocenters. The SMILES string of the molecule is CCc1ccccc1NC(=O)C[C@H](C)NC[C@](C)(O)c1cnn(C)c1. The number of para-hydroxylation sites is 1. The van der Waals surface area contributed by atoms with Gasteiger partial charge in [-0.05, 0) is 31.9 Å². The largest absolute Gasteiger partial charge is 0.384 e. The topological polar surface area (TPSA) is 79.2 Å². The number of nitrogens with zero attached hydrogens (tertiary/aromatic N) is 2. The van der Waals surface area contributed by atoms with Crippen LogP contribution in [-0.2, 0) is 23.9 Å². The standard InChI is InChI=1S/C19H28N4O2/c1-5-15-8-6-7-9-17(15)22-18(24)10-14(2)20-13-19(3,25)16-11-21-23(4)12-16/h6-9,11-12,14,20,25H,5,10,13H2,1-4H3,(H,22,24)/t14-,19-/m0/s1. The molecular formula is C19H28N4O2. The van der Waals surface area contributed by atoms with Crippen molar-refractivity contribution in [2.75, 3.05) is 11.9 Å². The van der Waals surface area contributed by atoms with Crippen molar-refractivity contribution in [2.24, 2.45) is 7.05 Å². The minimum absolute atomic E-state index is 0.0399. The van der Waals surface area contributed by atoms with E-state index in [1.165, 1.54) is 0 Å². The van der Waals surface area contributed by atoms with E-state index in [1.54, 1.807) is 24.0 Å². The first kappa shape index (κ1) is 19.1. The van der Waals surface area contributed by atoms with Crippen LogP contribution in [0.25, 0.3) is 0 Å². The predicted octanol–water partition coefficient (Wildman–Crippen LogP) is 2.20. The van der Waals surface area contributed by atoms with E-state index in [9.17, 15) is 9.90 Å². The number of amides is 1. The van der Waals surface area contributed by atoms with Gasteiger partial charge >= 0.3 is 0 Å². The molecule has 6 nitrogen and oxygen atoms in total. The molecule has 25 heavy (non-hydrogen) atoms. The van der Waals surface area contributed by atoms with Crippen molar-refractivity contribution >= 4 is 11.6 Å². The van der Waals surface area contributed by atoms with Crippen LogP contribution in [0.5, 0.6) is 0 Å². The first-order valence-electron chi connectivity index (χ1n) is 8.64. The second kappa shape index (κ2) is 8.27.